The fourth-order valence-electron chi connectivity index (χ4n) is 2.61. The van der Waals surface area contributed by atoms with Gasteiger partial charge in [-0.3, -0.25) is 14.9 Å². The number of benzene rings is 1. The van der Waals surface area contributed by atoms with Crippen molar-refractivity contribution in [2.24, 2.45) is 0 Å². The van der Waals surface area contributed by atoms with Crippen LogP contribution in [0.1, 0.15) is 19.8 Å². The minimum absolute atomic E-state index is 0. The van der Waals surface area contributed by atoms with Gasteiger partial charge in [-0.1, -0.05) is 19.1 Å². The summed E-state index contributed by atoms with van der Waals surface area (Å²) >= 11 is 0. The molecule has 0 saturated carbocycles. The normalized spacial score (nSPS) is 16.5. The summed E-state index contributed by atoms with van der Waals surface area (Å²) in [4.78, 5) is 24.6. The van der Waals surface area contributed by atoms with E-state index < -0.39 is 4.92 Å². The highest BCUT2D eigenvalue weighted by molar-refractivity contribution is 5.85. The molecule has 1 aliphatic heterocycles. The Kier molecular flexibility index (Phi) is 7.77. The van der Waals surface area contributed by atoms with E-state index in [1.54, 1.807) is 12.1 Å². The van der Waals surface area contributed by atoms with E-state index in [0.29, 0.717) is 6.54 Å². The van der Waals surface area contributed by atoms with Crippen LogP contribution in [0.2, 0.25) is 0 Å². The molecule has 1 fully saturated rings. The van der Waals surface area contributed by atoms with E-state index in [-0.39, 0.29) is 42.4 Å². The van der Waals surface area contributed by atoms with Gasteiger partial charge in [0.1, 0.15) is 0 Å². The van der Waals surface area contributed by atoms with Gasteiger partial charge in [0.2, 0.25) is 0 Å². The van der Waals surface area contributed by atoms with E-state index >= 15 is 0 Å². The quantitative estimate of drug-likeness (QED) is 0.604. The summed E-state index contributed by atoms with van der Waals surface area (Å²) in [6.45, 7) is 4.21. The molecule has 7 nitrogen and oxygen atoms in total. The lowest BCUT2D eigenvalue weighted by atomic mass is 10.2. The van der Waals surface area contributed by atoms with Crippen molar-refractivity contribution in [3.05, 3.63) is 34.4 Å². The van der Waals surface area contributed by atoms with Crippen LogP contribution < -0.4 is 10.1 Å². The molecular weight excluding hydrogens is 322 g/mol. The number of para-hydroxylation sites is 2. The Labute approximate surface area is 141 Å². The van der Waals surface area contributed by atoms with Crippen LogP contribution in [0, 0.1) is 10.1 Å². The first-order valence-corrected chi connectivity index (χ1v) is 7.50. The average molecular weight is 344 g/mol. The van der Waals surface area contributed by atoms with Gasteiger partial charge in [0.15, 0.2) is 12.4 Å². The largest absolute Gasteiger partial charge is 0.477 e. The number of carbonyl (C=O) groups is 1. The summed E-state index contributed by atoms with van der Waals surface area (Å²) in [5.41, 5.74) is -0.125. The van der Waals surface area contributed by atoms with Crippen molar-refractivity contribution in [2.75, 3.05) is 26.2 Å². The Morgan fingerprint density at radius 2 is 2.22 bits per heavy atom. The lowest BCUT2D eigenvalue weighted by molar-refractivity contribution is -0.385. The van der Waals surface area contributed by atoms with Crippen molar-refractivity contribution in [3.63, 3.8) is 0 Å². The standard InChI is InChI=1S/C15H21N3O4.ClH/c1-2-9-17(12-7-8-16-10-12)15(19)11-22-14-6-4-3-5-13(14)18(20)21;/h3-6,12,16H,2,7-11H2,1H3;1H. The summed E-state index contributed by atoms with van der Waals surface area (Å²) in [5, 5.41) is 14.2. The van der Waals surface area contributed by atoms with Gasteiger partial charge in [-0.05, 0) is 25.5 Å². The summed E-state index contributed by atoms with van der Waals surface area (Å²) in [6, 6.07) is 6.27. The highest BCUT2D eigenvalue weighted by Crippen LogP contribution is 2.25. The number of nitro groups is 1. The molecule has 0 aromatic heterocycles. The third-order valence-electron chi connectivity index (χ3n) is 3.67. The molecule has 0 radical (unpaired) electrons. The SMILES string of the molecule is CCCN(C(=O)COc1ccccc1[N+](=O)[O-])C1CCNC1.Cl. The molecule has 23 heavy (non-hydrogen) atoms. The average Bonchev–Trinajstić information content (AvgIpc) is 3.04. The molecule has 8 heteroatoms. The van der Waals surface area contributed by atoms with E-state index in [1.165, 1.54) is 12.1 Å². The van der Waals surface area contributed by atoms with E-state index in [1.807, 2.05) is 11.8 Å². The van der Waals surface area contributed by atoms with Crippen LogP contribution >= 0.6 is 12.4 Å². The number of halogens is 1. The number of carbonyl (C=O) groups excluding carboxylic acids is 1. The van der Waals surface area contributed by atoms with Gasteiger partial charge in [-0.2, -0.15) is 0 Å². The first kappa shape index (κ1) is 19.2. The highest BCUT2D eigenvalue weighted by Gasteiger charge is 2.26. The third kappa shape index (κ3) is 5.07. The molecule has 1 atom stereocenters. The van der Waals surface area contributed by atoms with Gasteiger partial charge < -0.3 is 15.0 Å². The minimum atomic E-state index is -0.509. The second kappa shape index (κ2) is 9.32. The Morgan fingerprint density at radius 1 is 1.48 bits per heavy atom. The maximum absolute atomic E-state index is 12.4. The van der Waals surface area contributed by atoms with E-state index in [0.717, 1.165) is 25.9 Å². The topological polar surface area (TPSA) is 84.7 Å². The number of hydrogen-bond acceptors (Lipinski definition) is 5. The molecule has 1 aromatic carbocycles. The second-order valence-electron chi connectivity index (χ2n) is 5.25. The molecule has 2 rings (SSSR count). The molecule has 128 valence electrons. The molecule has 0 spiro atoms. The third-order valence-corrected chi connectivity index (χ3v) is 3.67. The molecule has 1 amide bonds. The maximum Gasteiger partial charge on any atom is 0.310 e. The van der Waals surface area contributed by atoms with Gasteiger partial charge in [0, 0.05) is 25.2 Å². The number of rotatable bonds is 7. The fraction of sp³-hybridized carbons (Fsp3) is 0.533. The van der Waals surface area contributed by atoms with Crippen molar-refractivity contribution in [3.8, 4) is 5.75 Å². The van der Waals surface area contributed by atoms with Crippen LogP contribution in [0.5, 0.6) is 5.75 Å². The van der Waals surface area contributed by atoms with E-state index in [2.05, 4.69) is 5.32 Å². The van der Waals surface area contributed by atoms with Gasteiger partial charge >= 0.3 is 5.69 Å². The van der Waals surface area contributed by atoms with E-state index in [4.69, 9.17) is 4.74 Å². The van der Waals surface area contributed by atoms with Crippen LogP contribution in [-0.4, -0.2) is 48.0 Å². The van der Waals surface area contributed by atoms with Crippen LogP contribution in [0.15, 0.2) is 24.3 Å². The second-order valence-corrected chi connectivity index (χ2v) is 5.25. The number of nitrogens with zero attached hydrogens (tertiary/aromatic N) is 2. The van der Waals surface area contributed by atoms with Gasteiger partial charge in [-0.25, -0.2) is 0 Å². The minimum Gasteiger partial charge on any atom is -0.477 e. The van der Waals surface area contributed by atoms with Gasteiger partial charge in [-0.15, -0.1) is 12.4 Å². The van der Waals surface area contributed by atoms with Crippen molar-refractivity contribution in [1.82, 2.24) is 10.2 Å². The summed E-state index contributed by atoms with van der Waals surface area (Å²) in [7, 11) is 0. The number of nitrogens with one attached hydrogen (secondary N) is 1. The molecule has 1 heterocycles. The zero-order chi connectivity index (χ0) is 15.9. The van der Waals surface area contributed by atoms with Crippen LogP contribution in [0.25, 0.3) is 0 Å². The first-order valence-electron chi connectivity index (χ1n) is 7.50. The molecule has 1 saturated heterocycles. The Morgan fingerprint density at radius 3 is 2.83 bits per heavy atom. The molecular formula is C15H22ClN3O4. The van der Waals surface area contributed by atoms with Crippen molar-refractivity contribution >= 4 is 24.0 Å². The smallest absolute Gasteiger partial charge is 0.310 e. The fourth-order valence-corrected chi connectivity index (χ4v) is 2.61. The summed E-state index contributed by atoms with van der Waals surface area (Å²) in [5.74, 6) is -0.00412. The number of hydrogen-bond donors (Lipinski definition) is 1. The Bertz CT molecular complexity index is 535. The van der Waals surface area contributed by atoms with Crippen LogP contribution in [-0.2, 0) is 4.79 Å². The summed E-state index contributed by atoms with van der Waals surface area (Å²) in [6.07, 6.45) is 1.80. The molecule has 0 bridgehead atoms. The Hall–Kier alpha value is -1.86. The maximum atomic E-state index is 12.4. The van der Waals surface area contributed by atoms with Crippen molar-refractivity contribution in [1.29, 1.82) is 0 Å². The number of nitro benzene ring substituents is 1. The molecule has 1 aromatic rings. The van der Waals surface area contributed by atoms with Crippen LogP contribution in [0.3, 0.4) is 0 Å². The van der Waals surface area contributed by atoms with Gasteiger partial charge in [0.25, 0.3) is 5.91 Å². The molecule has 0 aliphatic carbocycles. The highest BCUT2D eigenvalue weighted by atomic mass is 35.5. The first-order chi connectivity index (χ1) is 10.6. The predicted molar refractivity (Wildman–Crippen MR) is 89.1 cm³/mol. The van der Waals surface area contributed by atoms with Crippen molar-refractivity contribution < 1.29 is 14.5 Å². The predicted octanol–water partition coefficient (Wildman–Crippen LogP) is 2.00. The van der Waals surface area contributed by atoms with Crippen LogP contribution in [0.4, 0.5) is 5.69 Å². The molecule has 1 N–H and O–H groups in total. The summed E-state index contributed by atoms with van der Waals surface area (Å²) < 4.78 is 5.39. The van der Waals surface area contributed by atoms with Gasteiger partial charge in [0.05, 0.1) is 4.92 Å². The molecule has 1 aliphatic rings. The Balaban J connectivity index is 0.00000264. The lowest BCUT2D eigenvalue weighted by Crippen LogP contribution is -2.44. The zero-order valence-corrected chi connectivity index (χ0v) is 13.9. The number of ether oxygens (including phenoxy) is 1. The zero-order valence-electron chi connectivity index (χ0n) is 13.1. The van der Waals surface area contributed by atoms with E-state index in [9.17, 15) is 14.9 Å². The monoisotopic (exact) mass is 343 g/mol. The number of amides is 1. The van der Waals surface area contributed by atoms with Crippen molar-refractivity contribution in [2.45, 2.75) is 25.8 Å². The lowest BCUT2D eigenvalue weighted by Gasteiger charge is -2.28. The molecule has 1 unspecified atom stereocenters.